The van der Waals surface area contributed by atoms with E-state index in [1.165, 1.54) is 5.56 Å². The van der Waals surface area contributed by atoms with Crippen molar-refractivity contribution in [1.29, 1.82) is 5.26 Å². The lowest BCUT2D eigenvalue weighted by atomic mass is 9.96. The minimum absolute atomic E-state index is 0.357. The van der Waals surface area contributed by atoms with Gasteiger partial charge in [0.05, 0.1) is 12.7 Å². The maximum Gasteiger partial charge on any atom is 0.119 e. The normalized spacial score (nSPS) is 23.3. The molecule has 1 heterocycles. The Balaban J connectivity index is 1.85. The first-order valence-corrected chi connectivity index (χ1v) is 6.10. The van der Waals surface area contributed by atoms with Gasteiger partial charge in [-0.05, 0) is 44.0 Å². The van der Waals surface area contributed by atoms with E-state index in [1.54, 1.807) is 0 Å². The zero-order valence-electron chi connectivity index (χ0n) is 10.2. The molecule has 17 heavy (non-hydrogen) atoms. The molecule has 1 unspecified atom stereocenters. The average molecular weight is 230 g/mol. The second-order valence-corrected chi connectivity index (χ2v) is 4.64. The summed E-state index contributed by atoms with van der Waals surface area (Å²) in [6.45, 7) is 3.57. The lowest BCUT2D eigenvalue weighted by molar-refractivity contribution is 0.270. The highest BCUT2D eigenvalue weighted by atomic mass is 16.5. The number of aryl methyl sites for hydroxylation is 1. The quantitative estimate of drug-likeness (QED) is 0.864. The van der Waals surface area contributed by atoms with Gasteiger partial charge in [0.15, 0.2) is 0 Å². The van der Waals surface area contributed by atoms with Gasteiger partial charge in [-0.25, -0.2) is 0 Å². The van der Waals surface area contributed by atoms with Gasteiger partial charge in [0.25, 0.3) is 0 Å². The molecule has 1 N–H and O–H groups in total. The lowest BCUT2D eigenvalue weighted by Crippen LogP contribution is -2.39. The summed E-state index contributed by atoms with van der Waals surface area (Å²) in [6, 6.07) is 10.4. The summed E-state index contributed by atoms with van der Waals surface area (Å²) in [6.07, 6.45) is 2.76. The van der Waals surface area contributed by atoms with E-state index >= 15 is 0 Å². The number of ether oxygens (including phenoxy) is 1. The fourth-order valence-electron chi connectivity index (χ4n) is 2.22. The van der Waals surface area contributed by atoms with Gasteiger partial charge in [0.2, 0.25) is 0 Å². The molecule has 0 amide bonds. The molecule has 3 heteroatoms. The molecular weight excluding hydrogens is 212 g/mol. The highest BCUT2D eigenvalue weighted by Gasteiger charge is 2.33. The van der Waals surface area contributed by atoms with Crippen molar-refractivity contribution in [3.05, 3.63) is 29.8 Å². The van der Waals surface area contributed by atoms with Gasteiger partial charge in [0.1, 0.15) is 11.3 Å². The molecule has 1 saturated heterocycles. The van der Waals surface area contributed by atoms with Crippen LogP contribution in [0.2, 0.25) is 0 Å². The Hall–Kier alpha value is -1.53. The molecule has 1 atom stereocenters. The number of benzene rings is 1. The molecule has 3 nitrogen and oxygen atoms in total. The molecule has 0 aliphatic carbocycles. The Morgan fingerprint density at radius 2 is 2.41 bits per heavy atom. The number of nitrogens with one attached hydrogen (secondary N) is 1. The molecule has 1 fully saturated rings. The Bertz CT molecular complexity index is 416. The fourth-order valence-corrected chi connectivity index (χ4v) is 2.22. The smallest absolute Gasteiger partial charge is 0.119 e. The van der Waals surface area contributed by atoms with Crippen molar-refractivity contribution in [2.45, 2.75) is 31.7 Å². The Kier molecular flexibility index (Phi) is 3.65. The van der Waals surface area contributed by atoms with Crippen molar-refractivity contribution in [2.75, 3.05) is 13.2 Å². The molecule has 0 spiro atoms. The second-order valence-electron chi connectivity index (χ2n) is 4.64. The third kappa shape index (κ3) is 2.98. The van der Waals surface area contributed by atoms with Gasteiger partial charge in [0, 0.05) is 6.42 Å². The minimum Gasteiger partial charge on any atom is -0.493 e. The molecule has 1 aliphatic heterocycles. The van der Waals surface area contributed by atoms with Crippen molar-refractivity contribution >= 4 is 0 Å². The van der Waals surface area contributed by atoms with E-state index < -0.39 is 0 Å². The second kappa shape index (κ2) is 5.20. The lowest BCUT2D eigenvalue weighted by Gasteiger charge is -2.20. The van der Waals surface area contributed by atoms with Crippen LogP contribution in [0.4, 0.5) is 0 Å². The van der Waals surface area contributed by atoms with E-state index in [9.17, 15) is 5.26 Å². The Morgan fingerprint density at radius 3 is 3.06 bits per heavy atom. The first-order valence-electron chi connectivity index (χ1n) is 6.10. The summed E-state index contributed by atoms with van der Waals surface area (Å²) in [7, 11) is 0. The van der Waals surface area contributed by atoms with E-state index in [-0.39, 0.29) is 5.54 Å². The van der Waals surface area contributed by atoms with Gasteiger partial charge in [-0.3, -0.25) is 5.32 Å². The third-order valence-electron chi connectivity index (χ3n) is 3.24. The van der Waals surface area contributed by atoms with Crippen LogP contribution < -0.4 is 10.1 Å². The van der Waals surface area contributed by atoms with Crippen LogP contribution in [0.25, 0.3) is 0 Å². The van der Waals surface area contributed by atoms with Crippen LogP contribution in [0.5, 0.6) is 5.75 Å². The van der Waals surface area contributed by atoms with E-state index in [4.69, 9.17) is 4.74 Å². The van der Waals surface area contributed by atoms with Crippen molar-refractivity contribution < 1.29 is 4.74 Å². The van der Waals surface area contributed by atoms with E-state index in [2.05, 4.69) is 11.4 Å². The SMILES string of the molecule is Cc1cccc(OCCC2(C#N)CCCN2)c1. The van der Waals surface area contributed by atoms with Gasteiger partial charge in [-0.15, -0.1) is 0 Å². The molecule has 1 aliphatic rings. The minimum atomic E-state index is -0.357. The summed E-state index contributed by atoms with van der Waals surface area (Å²) in [5.74, 6) is 0.885. The molecule has 0 aromatic heterocycles. The summed E-state index contributed by atoms with van der Waals surface area (Å²) >= 11 is 0. The van der Waals surface area contributed by atoms with Crippen LogP contribution in [0, 0.1) is 18.3 Å². The Labute approximate surface area is 102 Å². The van der Waals surface area contributed by atoms with Crippen molar-refractivity contribution in [3.8, 4) is 11.8 Å². The number of nitriles is 1. The summed E-state index contributed by atoms with van der Waals surface area (Å²) < 4.78 is 5.68. The first-order chi connectivity index (χ1) is 8.24. The zero-order chi connectivity index (χ0) is 12.1. The molecule has 1 aromatic rings. The molecule has 2 rings (SSSR count). The predicted octanol–water partition coefficient (Wildman–Crippen LogP) is 2.41. The Morgan fingerprint density at radius 1 is 1.53 bits per heavy atom. The summed E-state index contributed by atoms with van der Waals surface area (Å²) in [5.41, 5.74) is 0.834. The topological polar surface area (TPSA) is 45.0 Å². The van der Waals surface area contributed by atoms with E-state index in [1.807, 2.05) is 31.2 Å². The maximum absolute atomic E-state index is 9.19. The average Bonchev–Trinajstić information content (AvgIpc) is 2.79. The molecule has 0 bridgehead atoms. The number of hydrogen-bond donors (Lipinski definition) is 1. The van der Waals surface area contributed by atoms with Crippen molar-refractivity contribution in [3.63, 3.8) is 0 Å². The molecular formula is C14H18N2O. The maximum atomic E-state index is 9.19. The third-order valence-corrected chi connectivity index (χ3v) is 3.24. The van der Waals surface area contributed by atoms with Crippen LogP contribution in [-0.4, -0.2) is 18.7 Å². The highest BCUT2D eigenvalue weighted by molar-refractivity contribution is 5.27. The molecule has 0 radical (unpaired) electrons. The van der Waals surface area contributed by atoms with Gasteiger partial charge in [-0.1, -0.05) is 12.1 Å². The highest BCUT2D eigenvalue weighted by Crippen LogP contribution is 2.23. The number of rotatable bonds is 4. The molecule has 90 valence electrons. The first kappa shape index (κ1) is 11.9. The number of hydrogen-bond acceptors (Lipinski definition) is 3. The molecule has 0 saturated carbocycles. The largest absolute Gasteiger partial charge is 0.493 e. The van der Waals surface area contributed by atoms with Gasteiger partial charge >= 0.3 is 0 Å². The van der Waals surface area contributed by atoms with Gasteiger partial charge in [-0.2, -0.15) is 5.26 Å². The van der Waals surface area contributed by atoms with Crippen LogP contribution in [0.1, 0.15) is 24.8 Å². The van der Waals surface area contributed by atoms with Crippen molar-refractivity contribution in [2.24, 2.45) is 0 Å². The van der Waals surface area contributed by atoms with E-state index in [0.717, 1.165) is 31.6 Å². The van der Waals surface area contributed by atoms with Crippen LogP contribution in [0.3, 0.4) is 0 Å². The summed E-state index contributed by atoms with van der Waals surface area (Å²) in [4.78, 5) is 0. The van der Waals surface area contributed by atoms with E-state index in [0.29, 0.717) is 6.61 Å². The molecule has 1 aromatic carbocycles. The van der Waals surface area contributed by atoms with Crippen LogP contribution in [0.15, 0.2) is 24.3 Å². The van der Waals surface area contributed by atoms with Crippen LogP contribution in [-0.2, 0) is 0 Å². The zero-order valence-corrected chi connectivity index (χ0v) is 10.2. The predicted molar refractivity (Wildman–Crippen MR) is 66.9 cm³/mol. The van der Waals surface area contributed by atoms with Gasteiger partial charge < -0.3 is 4.74 Å². The summed E-state index contributed by atoms with van der Waals surface area (Å²) in [5, 5.41) is 12.5. The van der Waals surface area contributed by atoms with Crippen LogP contribution >= 0.6 is 0 Å². The number of nitrogens with zero attached hydrogens (tertiary/aromatic N) is 1. The monoisotopic (exact) mass is 230 g/mol. The fraction of sp³-hybridized carbons (Fsp3) is 0.500. The van der Waals surface area contributed by atoms with Crippen molar-refractivity contribution in [1.82, 2.24) is 5.32 Å². The standard InChI is InChI=1S/C14H18N2O/c1-12-4-2-5-13(10-12)17-9-7-14(11-15)6-3-8-16-14/h2,4-5,10,16H,3,6-9H2,1H3.